The van der Waals surface area contributed by atoms with Crippen LogP contribution in [0.3, 0.4) is 0 Å². The van der Waals surface area contributed by atoms with Gasteiger partial charge in [0, 0.05) is 0 Å². The molecular weight excluding hydrogens is 260 g/mol. The maximum absolute atomic E-state index is 12.3. The molecule has 2 nitrogen and oxygen atoms in total. The van der Waals surface area contributed by atoms with Crippen LogP contribution < -0.4 is 10.1 Å². The lowest BCUT2D eigenvalue weighted by molar-refractivity contribution is -0.0498. The van der Waals surface area contributed by atoms with Crippen LogP contribution in [0.15, 0.2) is 35.9 Å². The molecule has 0 saturated carbocycles. The summed E-state index contributed by atoms with van der Waals surface area (Å²) < 4.78 is 29.1. The number of rotatable bonds is 7. The van der Waals surface area contributed by atoms with Gasteiger partial charge in [0.05, 0.1) is 6.04 Å². The summed E-state index contributed by atoms with van der Waals surface area (Å²) in [5.41, 5.74) is 2.34. The van der Waals surface area contributed by atoms with Crippen LogP contribution in [0, 0.1) is 0 Å². The van der Waals surface area contributed by atoms with Crippen LogP contribution >= 0.6 is 0 Å². The molecule has 0 saturated heterocycles. The highest BCUT2D eigenvalue weighted by molar-refractivity contribution is 5.35. The Hall–Kier alpha value is -1.42. The van der Waals surface area contributed by atoms with Gasteiger partial charge in [-0.1, -0.05) is 30.7 Å². The third-order valence-electron chi connectivity index (χ3n) is 3.46. The highest BCUT2D eigenvalue weighted by atomic mass is 19.3. The highest BCUT2D eigenvalue weighted by Crippen LogP contribution is 2.32. The summed E-state index contributed by atoms with van der Waals surface area (Å²) in [6.45, 7) is 0.240. The second-order valence-electron chi connectivity index (χ2n) is 5.01. The quantitative estimate of drug-likeness (QED) is 0.746. The van der Waals surface area contributed by atoms with E-state index >= 15 is 0 Å². The molecule has 1 aliphatic rings. The molecule has 1 atom stereocenters. The minimum atomic E-state index is -2.78. The molecule has 0 radical (unpaired) electrons. The Kier molecular flexibility index (Phi) is 5.53. The Balaban J connectivity index is 2.18. The number of hydrogen-bond donors (Lipinski definition) is 1. The Labute approximate surface area is 118 Å². The van der Waals surface area contributed by atoms with Crippen molar-refractivity contribution in [1.29, 1.82) is 0 Å². The van der Waals surface area contributed by atoms with Crippen molar-refractivity contribution >= 4 is 0 Å². The van der Waals surface area contributed by atoms with Crippen molar-refractivity contribution in [3.8, 4) is 5.75 Å². The van der Waals surface area contributed by atoms with Gasteiger partial charge in [-0.3, -0.25) is 0 Å². The molecule has 1 aromatic carbocycles. The largest absolute Gasteiger partial charge is 0.435 e. The van der Waals surface area contributed by atoms with Crippen LogP contribution in [0.5, 0.6) is 5.75 Å². The zero-order valence-corrected chi connectivity index (χ0v) is 11.7. The molecule has 1 N–H and O–H groups in total. The Morgan fingerprint density at radius 1 is 1.35 bits per heavy atom. The van der Waals surface area contributed by atoms with E-state index in [0.29, 0.717) is 0 Å². The molecule has 0 fully saturated rings. The highest BCUT2D eigenvalue weighted by Gasteiger charge is 2.19. The average Bonchev–Trinajstić information content (AvgIpc) is 2.93. The van der Waals surface area contributed by atoms with E-state index in [1.54, 1.807) is 18.2 Å². The number of hydrogen-bond acceptors (Lipinski definition) is 2. The third kappa shape index (κ3) is 4.04. The monoisotopic (exact) mass is 281 g/mol. The zero-order valence-electron chi connectivity index (χ0n) is 11.7. The minimum absolute atomic E-state index is 0.110. The molecule has 0 amide bonds. The van der Waals surface area contributed by atoms with Crippen molar-refractivity contribution in [3.05, 3.63) is 41.5 Å². The van der Waals surface area contributed by atoms with E-state index < -0.39 is 6.61 Å². The van der Waals surface area contributed by atoms with Gasteiger partial charge in [-0.25, -0.2) is 0 Å². The number of alkyl halides is 2. The molecule has 1 unspecified atom stereocenters. The van der Waals surface area contributed by atoms with E-state index in [9.17, 15) is 8.78 Å². The fraction of sp³-hybridized carbons (Fsp3) is 0.500. The predicted octanol–water partition coefficient (Wildman–Crippen LogP) is 4.44. The summed E-state index contributed by atoms with van der Waals surface area (Å²) in [6.07, 6.45) is 6.64. The molecular formula is C16H21F2NO. The van der Waals surface area contributed by atoms with E-state index in [1.807, 2.05) is 6.07 Å². The predicted molar refractivity (Wildman–Crippen MR) is 76.0 cm³/mol. The number of nitrogens with one attached hydrogen (secondary N) is 1. The molecule has 0 heterocycles. The molecule has 0 aliphatic heterocycles. The fourth-order valence-corrected chi connectivity index (χ4v) is 2.58. The summed E-state index contributed by atoms with van der Waals surface area (Å²) in [5, 5.41) is 3.50. The van der Waals surface area contributed by atoms with Gasteiger partial charge in [0.15, 0.2) is 0 Å². The van der Waals surface area contributed by atoms with Crippen LogP contribution in [0.2, 0.25) is 0 Å². The first-order valence-electron chi connectivity index (χ1n) is 7.17. The molecule has 1 aromatic rings. The van der Waals surface area contributed by atoms with Crippen molar-refractivity contribution in [3.63, 3.8) is 0 Å². The smallest absolute Gasteiger partial charge is 0.387 e. The van der Waals surface area contributed by atoms with Crippen molar-refractivity contribution in [2.45, 2.75) is 45.3 Å². The first kappa shape index (κ1) is 15.0. The maximum Gasteiger partial charge on any atom is 0.387 e. The molecule has 0 bridgehead atoms. The van der Waals surface area contributed by atoms with E-state index in [0.717, 1.165) is 31.4 Å². The second kappa shape index (κ2) is 7.39. The van der Waals surface area contributed by atoms with Gasteiger partial charge in [-0.05, 0) is 49.9 Å². The molecule has 2 rings (SSSR count). The fourth-order valence-electron chi connectivity index (χ4n) is 2.58. The molecule has 1 aliphatic carbocycles. The van der Waals surface area contributed by atoms with Crippen molar-refractivity contribution in [2.24, 2.45) is 0 Å². The van der Waals surface area contributed by atoms with Gasteiger partial charge in [-0.15, -0.1) is 0 Å². The number of halogens is 2. The number of allylic oxidation sites excluding steroid dienone is 1. The van der Waals surface area contributed by atoms with Crippen molar-refractivity contribution in [1.82, 2.24) is 5.32 Å². The standard InChI is InChI=1S/C16H21F2NO/c1-2-10-19-15(12-6-3-4-7-12)13-8-5-9-14(11-13)20-16(17)18/h5-6,8-9,11,15-16,19H,2-4,7,10H2,1H3. The lowest BCUT2D eigenvalue weighted by Gasteiger charge is -2.21. The summed E-state index contributed by atoms with van der Waals surface area (Å²) in [7, 11) is 0. The summed E-state index contributed by atoms with van der Waals surface area (Å²) >= 11 is 0. The van der Waals surface area contributed by atoms with Crippen LogP contribution in [-0.2, 0) is 0 Å². The van der Waals surface area contributed by atoms with E-state index in [2.05, 4.69) is 23.1 Å². The Morgan fingerprint density at radius 3 is 2.85 bits per heavy atom. The molecule has 110 valence electrons. The topological polar surface area (TPSA) is 21.3 Å². The molecule has 0 aromatic heterocycles. The van der Waals surface area contributed by atoms with Crippen molar-refractivity contribution < 1.29 is 13.5 Å². The normalized spacial score (nSPS) is 16.3. The summed E-state index contributed by atoms with van der Waals surface area (Å²) in [5.74, 6) is 0.222. The third-order valence-corrected chi connectivity index (χ3v) is 3.46. The summed E-state index contributed by atoms with van der Waals surface area (Å²) in [4.78, 5) is 0. The first-order valence-corrected chi connectivity index (χ1v) is 7.17. The Bertz CT molecular complexity index is 460. The van der Waals surface area contributed by atoms with Gasteiger partial charge in [0.1, 0.15) is 5.75 Å². The zero-order chi connectivity index (χ0) is 14.4. The maximum atomic E-state index is 12.3. The molecule has 4 heteroatoms. The minimum Gasteiger partial charge on any atom is -0.435 e. The van der Waals surface area contributed by atoms with Gasteiger partial charge in [0.25, 0.3) is 0 Å². The van der Waals surface area contributed by atoms with E-state index in [1.165, 1.54) is 12.0 Å². The molecule has 20 heavy (non-hydrogen) atoms. The number of ether oxygens (including phenoxy) is 1. The van der Waals surface area contributed by atoms with Crippen LogP contribution in [0.4, 0.5) is 8.78 Å². The lowest BCUT2D eigenvalue weighted by atomic mass is 9.97. The van der Waals surface area contributed by atoms with Crippen molar-refractivity contribution in [2.75, 3.05) is 6.54 Å². The van der Waals surface area contributed by atoms with Gasteiger partial charge in [-0.2, -0.15) is 8.78 Å². The van der Waals surface area contributed by atoms with E-state index in [-0.39, 0.29) is 11.8 Å². The van der Waals surface area contributed by atoms with Gasteiger partial charge >= 0.3 is 6.61 Å². The van der Waals surface area contributed by atoms with Crippen LogP contribution in [-0.4, -0.2) is 13.2 Å². The summed E-state index contributed by atoms with van der Waals surface area (Å²) in [6, 6.07) is 7.11. The van der Waals surface area contributed by atoms with E-state index in [4.69, 9.17) is 0 Å². The second-order valence-corrected chi connectivity index (χ2v) is 5.01. The number of benzene rings is 1. The van der Waals surface area contributed by atoms with Crippen LogP contribution in [0.1, 0.15) is 44.2 Å². The van der Waals surface area contributed by atoms with Gasteiger partial charge < -0.3 is 10.1 Å². The Morgan fingerprint density at radius 2 is 2.20 bits per heavy atom. The SMILES string of the molecule is CCCNC(C1=CCCC1)c1cccc(OC(F)F)c1. The van der Waals surface area contributed by atoms with Gasteiger partial charge in [0.2, 0.25) is 0 Å². The lowest BCUT2D eigenvalue weighted by Crippen LogP contribution is -2.23. The molecule has 0 spiro atoms. The average molecular weight is 281 g/mol. The van der Waals surface area contributed by atoms with Crippen LogP contribution in [0.25, 0.3) is 0 Å². The first-order chi connectivity index (χ1) is 9.70.